The third-order valence-corrected chi connectivity index (χ3v) is 4.01. The van der Waals surface area contributed by atoms with Crippen LogP contribution in [-0.2, 0) is 6.54 Å². The molecular formula is C20H19NO. The lowest BCUT2D eigenvalue weighted by molar-refractivity contribution is 0.0785. The first-order valence-electron chi connectivity index (χ1n) is 7.44. The molecule has 2 heteroatoms. The van der Waals surface area contributed by atoms with E-state index in [1.54, 1.807) is 4.90 Å². The number of rotatable bonds is 3. The van der Waals surface area contributed by atoms with Crippen molar-refractivity contribution in [2.24, 2.45) is 0 Å². The third-order valence-electron chi connectivity index (χ3n) is 4.01. The molecule has 0 aliphatic heterocycles. The van der Waals surface area contributed by atoms with Gasteiger partial charge >= 0.3 is 0 Å². The Morgan fingerprint density at radius 1 is 0.909 bits per heavy atom. The number of benzene rings is 3. The molecule has 0 radical (unpaired) electrons. The second-order valence-corrected chi connectivity index (χ2v) is 5.61. The van der Waals surface area contributed by atoms with Gasteiger partial charge in [-0.25, -0.2) is 0 Å². The molecule has 0 saturated carbocycles. The van der Waals surface area contributed by atoms with Crippen LogP contribution in [0.4, 0.5) is 0 Å². The van der Waals surface area contributed by atoms with E-state index >= 15 is 0 Å². The van der Waals surface area contributed by atoms with E-state index in [1.807, 2.05) is 56.4 Å². The van der Waals surface area contributed by atoms with Gasteiger partial charge in [0.05, 0.1) is 0 Å². The lowest BCUT2D eigenvalue weighted by Gasteiger charge is -2.19. The van der Waals surface area contributed by atoms with Gasteiger partial charge in [-0.05, 0) is 34.9 Å². The Morgan fingerprint density at radius 2 is 1.59 bits per heavy atom. The van der Waals surface area contributed by atoms with E-state index in [9.17, 15) is 4.79 Å². The highest BCUT2D eigenvalue weighted by atomic mass is 16.2. The van der Waals surface area contributed by atoms with Gasteiger partial charge in [0.15, 0.2) is 0 Å². The topological polar surface area (TPSA) is 20.3 Å². The van der Waals surface area contributed by atoms with E-state index in [2.05, 4.69) is 24.3 Å². The summed E-state index contributed by atoms with van der Waals surface area (Å²) in [4.78, 5) is 14.4. The fourth-order valence-corrected chi connectivity index (χ4v) is 2.78. The number of amides is 1. The fourth-order valence-electron chi connectivity index (χ4n) is 2.78. The Kier molecular flexibility index (Phi) is 3.92. The zero-order valence-electron chi connectivity index (χ0n) is 12.9. The van der Waals surface area contributed by atoms with E-state index in [0.29, 0.717) is 6.54 Å². The predicted octanol–water partition coefficient (Wildman–Crippen LogP) is 4.42. The quantitative estimate of drug-likeness (QED) is 0.699. The van der Waals surface area contributed by atoms with Crippen LogP contribution < -0.4 is 0 Å². The molecule has 0 spiro atoms. The smallest absolute Gasteiger partial charge is 0.254 e. The van der Waals surface area contributed by atoms with Gasteiger partial charge in [-0.1, -0.05) is 60.7 Å². The Bertz CT molecular complexity index is 817. The maximum atomic E-state index is 12.6. The summed E-state index contributed by atoms with van der Waals surface area (Å²) in [6.45, 7) is 2.58. The summed E-state index contributed by atoms with van der Waals surface area (Å²) in [5.74, 6) is 0.0611. The number of hydrogen-bond donors (Lipinski definition) is 0. The van der Waals surface area contributed by atoms with Crippen molar-refractivity contribution in [1.82, 2.24) is 4.90 Å². The molecule has 3 aromatic rings. The van der Waals surface area contributed by atoms with Crippen LogP contribution in [0.25, 0.3) is 10.8 Å². The number of hydrogen-bond acceptors (Lipinski definition) is 1. The van der Waals surface area contributed by atoms with Gasteiger partial charge in [0, 0.05) is 19.2 Å². The van der Waals surface area contributed by atoms with Crippen molar-refractivity contribution < 1.29 is 4.79 Å². The summed E-state index contributed by atoms with van der Waals surface area (Å²) < 4.78 is 0. The van der Waals surface area contributed by atoms with Crippen LogP contribution in [-0.4, -0.2) is 17.9 Å². The summed E-state index contributed by atoms with van der Waals surface area (Å²) in [6, 6.07) is 22.2. The summed E-state index contributed by atoms with van der Waals surface area (Å²) in [7, 11) is 1.86. The Hall–Kier alpha value is -2.61. The van der Waals surface area contributed by atoms with Gasteiger partial charge in [0.25, 0.3) is 5.91 Å². The van der Waals surface area contributed by atoms with Crippen LogP contribution in [0.2, 0.25) is 0 Å². The molecule has 3 rings (SSSR count). The average Bonchev–Trinajstić information content (AvgIpc) is 2.55. The van der Waals surface area contributed by atoms with Crippen LogP contribution in [0, 0.1) is 6.92 Å². The van der Waals surface area contributed by atoms with Crippen LogP contribution in [0.15, 0.2) is 66.7 Å². The second-order valence-electron chi connectivity index (χ2n) is 5.61. The molecule has 22 heavy (non-hydrogen) atoms. The standard InChI is InChI=1S/C20H19NO/c1-15-8-3-5-12-18(15)20(22)21(2)14-17-11-7-10-16-9-4-6-13-19(16)17/h3-13H,14H2,1-2H3. The zero-order chi connectivity index (χ0) is 15.5. The average molecular weight is 289 g/mol. The lowest BCUT2D eigenvalue weighted by Crippen LogP contribution is -2.26. The number of carbonyl (C=O) groups is 1. The first kappa shape index (κ1) is 14.3. The fraction of sp³-hybridized carbons (Fsp3) is 0.150. The number of carbonyl (C=O) groups excluding carboxylic acids is 1. The van der Waals surface area contributed by atoms with Gasteiger partial charge in [-0.15, -0.1) is 0 Å². The van der Waals surface area contributed by atoms with Crippen molar-refractivity contribution in [3.8, 4) is 0 Å². The highest BCUT2D eigenvalue weighted by Gasteiger charge is 2.14. The molecule has 3 aromatic carbocycles. The maximum absolute atomic E-state index is 12.6. The molecule has 0 atom stereocenters. The molecule has 0 aliphatic rings. The van der Waals surface area contributed by atoms with E-state index in [4.69, 9.17) is 0 Å². The number of fused-ring (bicyclic) bond motifs is 1. The SMILES string of the molecule is Cc1ccccc1C(=O)N(C)Cc1cccc2ccccc12. The van der Waals surface area contributed by atoms with Crippen molar-refractivity contribution in [3.63, 3.8) is 0 Å². The first-order chi connectivity index (χ1) is 10.7. The van der Waals surface area contributed by atoms with Gasteiger partial charge in [-0.3, -0.25) is 4.79 Å². The summed E-state index contributed by atoms with van der Waals surface area (Å²) >= 11 is 0. The monoisotopic (exact) mass is 289 g/mol. The van der Waals surface area contributed by atoms with Gasteiger partial charge in [-0.2, -0.15) is 0 Å². The molecule has 0 unspecified atom stereocenters. The Labute approximate surface area is 131 Å². The van der Waals surface area contributed by atoms with Crippen LogP contribution >= 0.6 is 0 Å². The molecule has 0 fully saturated rings. The van der Waals surface area contributed by atoms with Gasteiger partial charge in [0.2, 0.25) is 0 Å². The Morgan fingerprint density at radius 3 is 2.41 bits per heavy atom. The van der Waals surface area contributed by atoms with Crippen molar-refractivity contribution >= 4 is 16.7 Å². The molecule has 0 aliphatic carbocycles. The molecule has 2 nitrogen and oxygen atoms in total. The van der Waals surface area contributed by atoms with Crippen molar-refractivity contribution in [3.05, 3.63) is 83.4 Å². The first-order valence-corrected chi connectivity index (χ1v) is 7.44. The third kappa shape index (κ3) is 2.73. The minimum absolute atomic E-state index is 0.0611. The van der Waals surface area contributed by atoms with E-state index < -0.39 is 0 Å². The van der Waals surface area contributed by atoms with Crippen molar-refractivity contribution in [1.29, 1.82) is 0 Å². The maximum Gasteiger partial charge on any atom is 0.254 e. The molecular weight excluding hydrogens is 270 g/mol. The normalized spacial score (nSPS) is 10.6. The highest BCUT2D eigenvalue weighted by Crippen LogP contribution is 2.20. The molecule has 0 heterocycles. The molecule has 0 bridgehead atoms. The van der Waals surface area contributed by atoms with Crippen LogP contribution in [0.3, 0.4) is 0 Å². The van der Waals surface area contributed by atoms with E-state index in [0.717, 1.165) is 11.1 Å². The van der Waals surface area contributed by atoms with Crippen molar-refractivity contribution in [2.45, 2.75) is 13.5 Å². The zero-order valence-corrected chi connectivity index (χ0v) is 12.9. The highest BCUT2D eigenvalue weighted by molar-refractivity contribution is 5.95. The predicted molar refractivity (Wildman–Crippen MR) is 90.9 cm³/mol. The van der Waals surface area contributed by atoms with Gasteiger partial charge < -0.3 is 4.90 Å². The van der Waals surface area contributed by atoms with E-state index in [1.165, 1.54) is 16.3 Å². The molecule has 0 N–H and O–H groups in total. The molecule has 110 valence electrons. The lowest BCUT2D eigenvalue weighted by atomic mass is 10.0. The minimum atomic E-state index is 0.0611. The second kappa shape index (κ2) is 6.02. The Balaban J connectivity index is 1.89. The largest absolute Gasteiger partial charge is 0.337 e. The summed E-state index contributed by atoms with van der Waals surface area (Å²) in [5, 5.41) is 2.41. The summed E-state index contributed by atoms with van der Waals surface area (Å²) in [5.41, 5.74) is 2.95. The summed E-state index contributed by atoms with van der Waals surface area (Å²) in [6.07, 6.45) is 0. The van der Waals surface area contributed by atoms with Crippen LogP contribution in [0.1, 0.15) is 21.5 Å². The number of nitrogens with zero attached hydrogens (tertiary/aromatic N) is 1. The molecule has 1 amide bonds. The van der Waals surface area contributed by atoms with E-state index in [-0.39, 0.29) is 5.91 Å². The number of aryl methyl sites for hydroxylation is 1. The minimum Gasteiger partial charge on any atom is -0.337 e. The van der Waals surface area contributed by atoms with Crippen molar-refractivity contribution in [2.75, 3.05) is 7.05 Å². The van der Waals surface area contributed by atoms with Gasteiger partial charge in [0.1, 0.15) is 0 Å². The molecule has 0 saturated heterocycles. The molecule has 0 aromatic heterocycles. The van der Waals surface area contributed by atoms with Crippen LogP contribution in [0.5, 0.6) is 0 Å².